The second kappa shape index (κ2) is 4.07. The minimum atomic E-state index is 0. The summed E-state index contributed by atoms with van der Waals surface area (Å²) < 4.78 is 7.20. The number of ether oxygens (including phenoxy) is 1. The Morgan fingerprint density at radius 2 is 2.33 bits per heavy atom. The Morgan fingerprint density at radius 3 is 3.08 bits per heavy atom. The highest BCUT2D eigenvalue weighted by Gasteiger charge is 2.14. The zero-order valence-electron chi connectivity index (χ0n) is 6.36. The molecule has 0 fully saturated rings. The van der Waals surface area contributed by atoms with Gasteiger partial charge in [0, 0.05) is 6.54 Å². The molecule has 0 N–H and O–H groups in total. The van der Waals surface area contributed by atoms with Gasteiger partial charge in [0.2, 0.25) is 0 Å². The van der Waals surface area contributed by atoms with Crippen molar-refractivity contribution in [2.45, 2.75) is 19.0 Å². The molecule has 0 unspecified atom stereocenters. The largest absolute Gasteiger partial charge is 0.372 e. The molecule has 1 aliphatic heterocycles. The molecule has 12 heavy (non-hydrogen) atoms. The highest BCUT2D eigenvalue weighted by Crippen LogP contribution is 2.10. The first-order chi connectivity index (χ1) is 5.42. The van der Waals surface area contributed by atoms with Crippen molar-refractivity contribution in [1.82, 2.24) is 14.8 Å². The minimum absolute atomic E-state index is 0. The van der Waals surface area contributed by atoms with Gasteiger partial charge in [0.25, 0.3) is 0 Å². The van der Waals surface area contributed by atoms with Crippen molar-refractivity contribution in [3.8, 4) is 0 Å². The van der Waals surface area contributed by atoms with Gasteiger partial charge in [-0.05, 0) is 0 Å². The fraction of sp³-hybridized carbons (Fsp3) is 0.667. The van der Waals surface area contributed by atoms with Crippen molar-refractivity contribution in [3.05, 3.63) is 11.6 Å². The molecule has 0 saturated carbocycles. The summed E-state index contributed by atoms with van der Waals surface area (Å²) in [6, 6.07) is 0. The summed E-state index contributed by atoms with van der Waals surface area (Å²) in [4.78, 5) is 0. The van der Waals surface area contributed by atoms with Crippen LogP contribution in [0.1, 0.15) is 11.6 Å². The van der Waals surface area contributed by atoms with Crippen LogP contribution in [0.2, 0.25) is 0 Å². The summed E-state index contributed by atoms with van der Waals surface area (Å²) in [6.07, 6.45) is 0. The molecule has 4 nitrogen and oxygen atoms in total. The maximum Gasteiger partial charge on any atom is 0.159 e. The molecule has 0 bridgehead atoms. The van der Waals surface area contributed by atoms with Crippen LogP contribution in [0.25, 0.3) is 0 Å². The number of hydrogen-bond donors (Lipinski definition) is 0. The number of alkyl halides is 1. The Hall–Kier alpha value is -0.320. The first kappa shape index (κ1) is 9.77. The van der Waals surface area contributed by atoms with Crippen LogP contribution < -0.4 is 0 Å². The molecule has 0 saturated heterocycles. The predicted octanol–water partition coefficient (Wildman–Crippen LogP) is 0.969. The van der Waals surface area contributed by atoms with Gasteiger partial charge in [-0.1, -0.05) is 0 Å². The SMILES string of the molecule is Cl.ClCc1nnc2n1CCOC2. The Morgan fingerprint density at radius 1 is 1.50 bits per heavy atom. The molecule has 68 valence electrons. The maximum atomic E-state index is 5.64. The van der Waals surface area contributed by atoms with E-state index < -0.39 is 0 Å². The predicted molar refractivity (Wildman–Crippen MR) is 46.5 cm³/mol. The first-order valence-electron chi connectivity index (χ1n) is 3.46. The Balaban J connectivity index is 0.000000720. The van der Waals surface area contributed by atoms with Crippen LogP contribution in [0.5, 0.6) is 0 Å². The van der Waals surface area contributed by atoms with Crippen molar-refractivity contribution >= 4 is 24.0 Å². The van der Waals surface area contributed by atoms with Gasteiger partial charge in [-0.3, -0.25) is 0 Å². The number of rotatable bonds is 1. The van der Waals surface area contributed by atoms with E-state index in [0.717, 1.165) is 24.8 Å². The van der Waals surface area contributed by atoms with Crippen molar-refractivity contribution in [2.24, 2.45) is 0 Å². The number of halogens is 2. The van der Waals surface area contributed by atoms with Gasteiger partial charge < -0.3 is 9.30 Å². The molecule has 2 rings (SSSR count). The summed E-state index contributed by atoms with van der Waals surface area (Å²) in [6.45, 7) is 2.11. The Kier molecular flexibility index (Phi) is 3.31. The van der Waals surface area contributed by atoms with Crippen molar-refractivity contribution in [1.29, 1.82) is 0 Å². The van der Waals surface area contributed by atoms with Gasteiger partial charge in [-0.15, -0.1) is 34.2 Å². The van der Waals surface area contributed by atoms with E-state index in [0.29, 0.717) is 12.5 Å². The average Bonchev–Trinajstić information content (AvgIpc) is 2.47. The van der Waals surface area contributed by atoms with E-state index in [1.165, 1.54) is 0 Å². The summed E-state index contributed by atoms with van der Waals surface area (Å²) >= 11 is 5.64. The lowest BCUT2D eigenvalue weighted by Crippen LogP contribution is -2.18. The summed E-state index contributed by atoms with van der Waals surface area (Å²) in [7, 11) is 0. The van der Waals surface area contributed by atoms with E-state index in [1.807, 2.05) is 4.57 Å². The van der Waals surface area contributed by atoms with E-state index in [-0.39, 0.29) is 12.4 Å². The molecule has 1 aliphatic rings. The lowest BCUT2D eigenvalue weighted by Gasteiger charge is -2.14. The molecule has 0 aliphatic carbocycles. The zero-order chi connectivity index (χ0) is 7.68. The smallest absolute Gasteiger partial charge is 0.159 e. The van der Waals surface area contributed by atoms with Crippen LogP contribution in [-0.4, -0.2) is 21.4 Å². The summed E-state index contributed by atoms with van der Waals surface area (Å²) in [5, 5.41) is 7.85. The van der Waals surface area contributed by atoms with Gasteiger partial charge >= 0.3 is 0 Å². The average molecular weight is 210 g/mol. The lowest BCUT2D eigenvalue weighted by atomic mass is 10.5. The normalized spacial score (nSPS) is 15.1. The maximum absolute atomic E-state index is 5.64. The second-order valence-electron chi connectivity index (χ2n) is 2.37. The van der Waals surface area contributed by atoms with Crippen molar-refractivity contribution in [2.75, 3.05) is 6.61 Å². The fourth-order valence-electron chi connectivity index (χ4n) is 1.16. The van der Waals surface area contributed by atoms with E-state index >= 15 is 0 Å². The van der Waals surface area contributed by atoms with Crippen LogP contribution in [-0.2, 0) is 23.8 Å². The molecule has 0 spiro atoms. The topological polar surface area (TPSA) is 39.9 Å². The van der Waals surface area contributed by atoms with Gasteiger partial charge in [0.15, 0.2) is 5.82 Å². The Bertz CT molecular complexity index is 250. The monoisotopic (exact) mass is 209 g/mol. The first-order valence-corrected chi connectivity index (χ1v) is 4.00. The quantitative estimate of drug-likeness (QED) is 0.648. The molecule has 0 atom stereocenters. The second-order valence-corrected chi connectivity index (χ2v) is 2.64. The highest BCUT2D eigenvalue weighted by molar-refractivity contribution is 6.16. The third-order valence-corrected chi connectivity index (χ3v) is 1.95. The third kappa shape index (κ3) is 1.55. The third-order valence-electron chi connectivity index (χ3n) is 1.71. The van der Waals surface area contributed by atoms with Gasteiger partial charge in [0.1, 0.15) is 12.4 Å². The number of nitrogens with zero attached hydrogens (tertiary/aromatic N) is 3. The van der Waals surface area contributed by atoms with Crippen LogP contribution in [0.3, 0.4) is 0 Å². The van der Waals surface area contributed by atoms with Gasteiger partial charge in [-0.2, -0.15) is 0 Å². The highest BCUT2D eigenvalue weighted by atomic mass is 35.5. The fourth-order valence-corrected chi connectivity index (χ4v) is 1.35. The standard InChI is InChI=1S/C6H8ClN3O.ClH/c7-3-5-8-9-6-4-11-2-1-10(5)6;/h1-4H2;1H. The lowest BCUT2D eigenvalue weighted by molar-refractivity contribution is 0.0808. The molecule has 0 radical (unpaired) electrons. The van der Waals surface area contributed by atoms with Crippen molar-refractivity contribution < 1.29 is 4.74 Å². The van der Waals surface area contributed by atoms with E-state index in [4.69, 9.17) is 16.3 Å². The molecule has 0 amide bonds. The Labute approximate surface area is 81.3 Å². The van der Waals surface area contributed by atoms with Crippen LogP contribution in [0, 0.1) is 0 Å². The van der Waals surface area contributed by atoms with Gasteiger partial charge in [0.05, 0.1) is 12.5 Å². The van der Waals surface area contributed by atoms with E-state index in [2.05, 4.69) is 10.2 Å². The molecule has 1 aromatic rings. The number of fused-ring (bicyclic) bond motifs is 1. The van der Waals surface area contributed by atoms with Gasteiger partial charge in [-0.25, -0.2) is 0 Å². The molecule has 2 heterocycles. The van der Waals surface area contributed by atoms with Crippen LogP contribution >= 0.6 is 24.0 Å². The molecular formula is C6H9Cl2N3O. The number of hydrogen-bond acceptors (Lipinski definition) is 3. The number of aromatic nitrogens is 3. The summed E-state index contributed by atoms with van der Waals surface area (Å²) in [5.41, 5.74) is 0. The minimum Gasteiger partial charge on any atom is -0.372 e. The van der Waals surface area contributed by atoms with Crippen LogP contribution in [0.15, 0.2) is 0 Å². The molecular weight excluding hydrogens is 201 g/mol. The van der Waals surface area contributed by atoms with Crippen molar-refractivity contribution in [3.63, 3.8) is 0 Å². The summed E-state index contributed by atoms with van der Waals surface area (Å²) in [5.74, 6) is 2.14. The molecule has 1 aromatic heterocycles. The molecule has 6 heteroatoms. The molecule has 0 aromatic carbocycles. The van der Waals surface area contributed by atoms with Crippen LogP contribution in [0.4, 0.5) is 0 Å². The van der Waals surface area contributed by atoms with E-state index in [1.54, 1.807) is 0 Å². The van der Waals surface area contributed by atoms with E-state index in [9.17, 15) is 0 Å². The zero-order valence-corrected chi connectivity index (χ0v) is 7.94.